The highest BCUT2D eigenvalue weighted by Crippen LogP contribution is 2.32. The van der Waals surface area contributed by atoms with E-state index in [1.54, 1.807) is 19.4 Å². The molecule has 0 atom stereocenters. The summed E-state index contributed by atoms with van der Waals surface area (Å²) in [5, 5.41) is 2.89. The van der Waals surface area contributed by atoms with Gasteiger partial charge in [-0.15, -0.1) is 0 Å². The number of carbonyl (C=O) groups is 1. The maximum absolute atomic E-state index is 13.3. The number of allylic oxidation sites excluding steroid dienone is 1. The number of anilines is 1. The van der Waals surface area contributed by atoms with Crippen LogP contribution in [0.1, 0.15) is 31.2 Å². The third kappa shape index (κ3) is 6.07. The topological polar surface area (TPSA) is 98.2 Å². The van der Waals surface area contributed by atoms with Gasteiger partial charge in [0.15, 0.2) is 15.7 Å². The second-order valence-electron chi connectivity index (χ2n) is 8.52. The lowest BCUT2D eigenvalue weighted by Gasteiger charge is -2.13. The zero-order valence-corrected chi connectivity index (χ0v) is 21.1. The van der Waals surface area contributed by atoms with Crippen molar-refractivity contribution >= 4 is 38.7 Å². The molecule has 1 N–H and O–H groups in total. The predicted octanol–water partition coefficient (Wildman–Crippen LogP) is 5.42. The number of rotatable bonds is 7. The van der Waals surface area contributed by atoms with Gasteiger partial charge in [-0.25, -0.2) is 13.4 Å². The molecule has 0 radical (unpaired) electrons. The summed E-state index contributed by atoms with van der Waals surface area (Å²) in [5.41, 5.74) is 2.47. The first-order valence-corrected chi connectivity index (χ1v) is 13.5. The molecule has 1 heterocycles. The number of benzene rings is 2. The molecular formula is C26H26ClN3O4S. The van der Waals surface area contributed by atoms with Crippen molar-refractivity contribution in [3.8, 4) is 17.0 Å². The van der Waals surface area contributed by atoms with E-state index in [2.05, 4.69) is 15.3 Å². The molecule has 0 bridgehead atoms. The van der Waals surface area contributed by atoms with Crippen molar-refractivity contribution in [1.29, 1.82) is 0 Å². The first kappa shape index (κ1) is 24.9. The number of carbonyl (C=O) groups excluding carboxylic acids is 1. The number of aromatic nitrogens is 2. The van der Waals surface area contributed by atoms with Gasteiger partial charge in [0, 0.05) is 17.4 Å². The Morgan fingerprint density at radius 1 is 1.11 bits per heavy atom. The summed E-state index contributed by atoms with van der Waals surface area (Å²) in [6, 6.07) is 12.0. The largest absolute Gasteiger partial charge is 0.497 e. The standard InChI is InChI=1S/C26H26ClN3O4S/c1-34-20-9-5-8-19(13-20)23-15-29-25(16-28-23)30-26(31)21(12-17-6-3-4-7-17)18-10-11-24(22(27)14-18)35(2,32)33/h5,8-17H,3-4,6-7H2,1-2H3,(H,29,30,31)/b21-12+. The van der Waals surface area contributed by atoms with Crippen LogP contribution in [0.4, 0.5) is 5.82 Å². The quantitative estimate of drug-likeness (QED) is 0.425. The Kier molecular flexibility index (Phi) is 7.52. The van der Waals surface area contributed by atoms with Gasteiger partial charge >= 0.3 is 0 Å². The van der Waals surface area contributed by atoms with Gasteiger partial charge in [0.2, 0.25) is 0 Å². The van der Waals surface area contributed by atoms with Crippen LogP contribution < -0.4 is 10.1 Å². The number of nitrogens with zero attached hydrogens (tertiary/aromatic N) is 2. The van der Waals surface area contributed by atoms with Gasteiger partial charge in [0.1, 0.15) is 5.75 Å². The number of methoxy groups -OCH3 is 1. The van der Waals surface area contributed by atoms with Crippen molar-refractivity contribution in [2.45, 2.75) is 30.6 Å². The van der Waals surface area contributed by atoms with Crippen LogP contribution in [0.5, 0.6) is 5.75 Å². The predicted molar refractivity (Wildman–Crippen MR) is 137 cm³/mol. The Morgan fingerprint density at radius 3 is 2.51 bits per heavy atom. The van der Waals surface area contributed by atoms with Crippen LogP contribution in [0, 0.1) is 5.92 Å². The van der Waals surface area contributed by atoms with E-state index < -0.39 is 9.84 Å². The normalized spacial score (nSPS) is 14.7. The molecular weight excluding hydrogens is 486 g/mol. The molecule has 1 amide bonds. The number of hydrogen-bond donors (Lipinski definition) is 1. The molecule has 1 aromatic heterocycles. The Bertz CT molecular complexity index is 1370. The molecule has 0 saturated heterocycles. The van der Waals surface area contributed by atoms with Gasteiger partial charge < -0.3 is 10.1 Å². The minimum absolute atomic E-state index is 0.0301. The van der Waals surface area contributed by atoms with Crippen LogP contribution in [0.3, 0.4) is 0 Å². The molecule has 3 aromatic rings. The lowest BCUT2D eigenvalue weighted by atomic mass is 9.98. The van der Waals surface area contributed by atoms with Crippen LogP contribution in [0.2, 0.25) is 5.02 Å². The van der Waals surface area contributed by atoms with Crippen molar-refractivity contribution in [3.05, 3.63) is 71.5 Å². The van der Waals surface area contributed by atoms with Crippen molar-refractivity contribution in [3.63, 3.8) is 0 Å². The zero-order chi connectivity index (χ0) is 25.0. The fraction of sp³-hybridized carbons (Fsp3) is 0.269. The monoisotopic (exact) mass is 511 g/mol. The summed E-state index contributed by atoms with van der Waals surface area (Å²) in [4.78, 5) is 22.1. The highest BCUT2D eigenvalue weighted by atomic mass is 35.5. The van der Waals surface area contributed by atoms with Crippen LogP contribution in [0.15, 0.2) is 65.8 Å². The minimum atomic E-state index is -3.48. The van der Waals surface area contributed by atoms with Gasteiger partial charge in [-0.2, -0.15) is 0 Å². The lowest BCUT2D eigenvalue weighted by Crippen LogP contribution is -2.16. The van der Waals surface area contributed by atoms with E-state index in [4.69, 9.17) is 16.3 Å². The molecule has 0 unspecified atom stereocenters. The molecule has 1 fully saturated rings. The van der Waals surface area contributed by atoms with Gasteiger partial charge in [0.05, 0.1) is 35.1 Å². The molecule has 0 spiro atoms. The third-order valence-corrected chi connectivity index (χ3v) is 7.53. The molecule has 9 heteroatoms. The summed E-state index contributed by atoms with van der Waals surface area (Å²) < 4.78 is 29.2. The van der Waals surface area contributed by atoms with Crippen molar-refractivity contribution in [2.24, 2.45) is 5.92 Å². The number of amides is 1. The number of ether oxygens (including phenoxy) is 1. The Hall–Kier alpha value is -3.23. The fourth-order valence-corrected chi connectivity index (χ4v) is 5.47. The molecule has 1 aliphatic rings. The van der Waals surface area contributed by atoms with Gasteiger partial charge in [0.25, 0.3) is 5.91 Å². The summed E-state index contributed by atoms with van der Waals surface area (Å²) in [6.07, 6.45) is 10.4. The first-order chi connectivity index (χ1) is 16.7. The van der Waals surface area contributed by atoms with Crippen LogP contribution in [-0.2, 0) is 14.6 Å². The molecule has 35 heavy (non-hydrogen) atoms. The smallest absolute Gasteiger partial charge is 0.257 e. The van der Waals surface area contributed by atoms with E-state index in [9.17, 15) is 13.2 Å². The summed E-state index contributed by atoms with van der Waals surface area (Å²) in [7, 11) is -1.88. The van der Waals surface area contributed by atoms with Crippen LogP contribution in [0.25, 0.3) is 16.8 Å². The molecule has 1 aliphatic carbocycles. The summed E-state index contributed by atoms with van der Waals surface area (Å²) >= 11 is 6.27. The number of halogens is 1. The average Bonchev–Trinajstić information content (AvgIpc) is 3.35. The second kappa shape index (κ2) is 10.6. The first-order valence-electron chi connectivity index (χ1n) is 11.2. The van der Waals surface area contributed by atoms with Crippen molar-refractivity contribution < 1.29 is 17.9 Å². The van der Waals surface area contributed by atoms with Crippen molar-refractivity contribution in [2.75, 3.05) is 18.7 Å². The van der Waals surface area contributed by atoms with E-state index in [0.29, 0.717) is 28.4 Å². The van der Waals surface area contributed by atoms with E-state index >= 15 is 0 Å². The van der Waals surface area contributed by atoms with E-state index in [1.165, 1.54) is 18.3 Å². The summed E-state index contributed by atoms with van der Waals surface area (Å²) in [6.45, 7) is 0. The highest BCUT2D eigenvalue weighted by Gasteiger charge is 2.21. The zero-order valence-electron chi connectivity index (χ0n) is 19.5. The molecule has 7 nitrogen and oxygen atoms in total. The van der Waals surface area contributed by atoms with Crippen LogP contribution >= 0.6 is 11.6 Å². The van der Waals surface area contributed by atoms with Crippen molar-refractivity contribution in [1.82, 2.24) is 9.97 Å². The fourth-order valence-electron chi connectivity index (χ4n) is 4.14. The highest BCUT2D eigenvalue weighted by molar-refractivity contribution is 7.90. The van der Waals surface area contributed by atoms with E-state index in [0.717, 1.165) is 37.5 Å². The Morgan fingerprint density at radius 2 is 1.89 bits per heavy atom. The maximum atomic E-state index is 13.3. The maximum Gasteiger partial charge on any atom is 0.257 e. The molecule has 1 saturated carbocycles. The molecule has 2 aromatic carbocycles. The number of hydrogen-bond acceptors (Lipinski definition) is 6. The Labute approximate surface area is 210 Å². The minimum Gasteiger partial charge on any atom is -0.497 e. The Balaban J connectivity index is 1.60. The van der Waals surface area contributed by atoms with Gasteiger partial charge in [-0.1, -0.05) is 48.7 Å². The third-order valence-electron chi connectivity index (χ3n) is 5.95. The summed E-state index contributed by atoms with van der Waals surface area (Å²) in [5.74, 6) is 0.927. The second-order valence-corrected chi connectivity index (χ2v) is 10.9. The van der Waals surface area contributed by atoms with E-state index in [1.807, 2.05) is 30.3 Å². The SMILES string of the molecule is COc1cccc(-c2cnc(NC(=O)/C(=C/C3CCCC3)c3ccc(S(C)(=O)=O)c(Cl)c3)cn2)c1. The number of sulfone groups is 1. The lowest BCUT2D eigenvalue weighted by molar-refractivity contribution is -0.111. The van der Waals surface area contributed by atoms with Gasteiger partial charge in [-0.3, -0.25) is 9.78 Å². The molecule has 182 valence electrons. The average molecular weight is 512 g/mol. The number of nitrogens with one attached hydrogen (secondary N) is 1. The molecule has 4 rings (SSSR count). The van der Waals surface area contributed by atoms with Gasteiger partial charge in [-0.05, 0) is 48.6 Å². The van der Waals surface area contributed by atoms with E-state index in [-0.39, 0.29) is 21.7 Å². The van der Waals surface area contributed by atoms with Crippen LogP contribution in [-0.4, -0.2) is 37.7 Å². The molecule has 0 aliphatic heterocycles.